The number of benzene rings is 3. The normalized spacial score (nSPS) is 15.8. The number of hydrogen-bond donors (Lipinski definition) is 1. The van der Waals surface area contributed by atoms with E-state index in [0.29, 0.717) is 17.1 Å². The van der Waals surface area contributed by atoms with E-state index in [9.17, 15) is 19.2 Å². The number of fused-ring (bicyclic) bond motifs is 2. The minimum Gasteiger partial charge on any atom is -0.475 e. The van der Waals surface area contributed by atoms with E-state index in [1.54, 1.807) is 12.1 Å². The van der Waals surface area contributed by atoms with Gasteiger partial charge in [0.15, 0.2) is 11.5 Å². The standard InChI is InChI=1S/C27H21NO8/c1-34-26(33)20(14-21(29)25(31)32)28-15-16-12-22-23(13-19(16)24(28)30)36-27(35-22,17-8-4-2-5-9-17)18-10-6-3-7-11-18/h2-13,20H,14-15H2,1H3,(H,31,32)/t20-/m0/s1. The third-order valence-corrected chi connectivity index (χ3v) is 6.28. The molecule has 1 atom stereocenters. The molecule has 0 spiro atoms. The Bertz CT molecular complexity index is 1330. The van der Waals surface area contributed by atoms with E-state index < -0.39 is 41.9 Å². The second-order valence-corrected chi connectivity index (χ2v) is 8.41. The van der Waals surface area contributed by atoms with E-state index in [1.165, 1.54) is 0 Å². The Morgan fingerprint density at radius 2 is 1.53 bits per heavy atom. The molecule has 0 saturated heterocycles. The van der Waals surface area contributed by atoms with Crippen molar-refractivity contribution in [1.29, 1.82) is 0 Å². The predicted octanol–water partition coefficient (Wildman–Crippen LogP) is 2.90. The summed E-state index contributed by atoms with van der Waals surface area (Å²) in [5, 5.41) is 8.98. The van der Waals surface area contributed by atoms with E-state index in [2.05, 4.69) is 0 Å². The number of aliphatic carboxylic acids is 1. The molecule has 9 heteroatoms. The lowest BCUT2D eigenvalue weighted by molar-refractivity contribution is -0.152. The van der Waals surface area contributed by atoms with Crippen LogP contribution in [0.3, 0.4) is 0 Å². The maximum absolute atomic E-state index is 13.3. The van der Waals surface area contributed by atoms with E-state index in [0.717, 1.165) is 23.1 Å². The van der Waals surface area contributed by atoms with Crippen molar-refractivity contribution in [3.05, 3.63) is 95.1 Å². The number of carbonyl (C=O) groups is 4. The van der Waals surface area contributed by atoms with E-state index in [4.69, 9.17) is 19.3 Å². The lowest BCUT2D eigenvalue weighted by atomic mass is 9.97. The van der Waals surface area contributed by atoms with Crippen LogP contribution in [0.2, 0.25) is 0 Å². The highest BCUT2D eigenvalue weighted by molar-refractivity contribution is 6.33. The van der Waals surface area contributed by atoms with Crippen LogP contribution in [0.5, 0.6) is 11.5 Å². The van der Waals surface area contributed by atoms with Crippen LogP contribution in [-0.4, -0.2) is 46.8 Å². The third kappa shape index (κ3) is 3.74. The molecule has 5 rings (SSSR count). The minimum absolute atomic E-state index is 0.0266. The number of carboxylic acids is 1. The quantitative estimate of drug-likeness (QED) is 0.399. The molecule has 0 saturated carbocycles. The second kappa shape index (κ2) is 8.84. The van der Waals surface area contributed by atoms with Gasteiger partial charge < -0.3 is 24.2 Å². The maximum Gasteiger partial charge on any atom is 0.372 e. The number of methoxy groups -OCH3 is 1. The molecular formula is C27H21NO8. The summed E-state index contributed by atoms with van der Waals surface area (Å²) < 4.78 is 17.5. The first-order chi connectivity index (χ1) is 17.3. The van der Waals surface area contributed by atoms with Crippen LogP contribution in [-0.2, 0) is 31.5 Å². The molecule has 1 amide bonds. The lowest BCUT2D eigenvalue weighted by Crippen LogP contribution is -2.44. The van der Waals surface area contributed by atoms with Crippen LogP contribution in [0.4, 0.5) is 0 Å². The molecule has 0 radical (unpaired) electrons. The smallest absolute Gasteiger partial charge is 0.372 e. The fraction of sp³-hybridized carbons (Fsp3) is 0.185. The molecule has 36 heavy (non-hydrogen) atoms. The average molecular weight is 487 g/mol. The summed E-state index contributed by atoms with van der Waals surface area (Å²) in [4.78, 5) is 49.6. The predicted molar refractivity (Wildman–Crippen MR) is 124 cm³/mol. The van der Waals surface area contributed by atoms with Crippen molar-refractivity contribution in [3.8, 4) is 11.5 Å². The van der Waals surface area contributed by atoms with Crippen molar-refractivity contribution in [2.75, 3.05) is 7.11 Å². The molecule has 1 N–H and O–H groups in total. The molecule has 2 aliphatic heterocycles. The second-order valence-electron chi connectivity index (χ2n) is 8.41. The number of Topliss-reactive ketones (excluding diaryl/α,β-unsaturated/α-hetero) is 1. The van der Waals surface area contributed by atoms with Gasteiger partial charge in [-0.05, 0) is 17.7 Å². The van der Waals surface area contributed by atoms with Gasteiger partial charge in [-0.15, -0.1) is 0 Å². The summed E-state index contributed by atoms with van der Waals surface area (Å²) in [7, 11) is 1.11. The number of rotatable bonds is 7. The molecule has 0 unspecified atom stereocenters. The van der Waals surface area contributed by atoms with Gasteiger partial charge >= 0.3 is 17.7 Å². The Morgan fingerprint density at radius 3 is 2.06 bits per heavy atom. The van der Waals surface area contributed by atoms with Gasteiger partial charge in [-0.3, -0.25) is 9.59 Å². The summed E-state index contributed by atoms with van der Waals surface area (Å²) in [6.45, 7) is -0.0266. The Balaban J connectivity index is 1.50. The van der Waals surface area contributed by atoms with Gasteiger partial charge in [-0.1, -0.05) is 60.7 Å². The fourth-order valence-corrected chi connectivity index (χ4v) is 4.52. The number of hydrogen-bond acceptors (Lipinski definition) is 7. The molecular weight excluding hydrogens is 466 g/mol. The highest BCUT2D eigenvalue weighted by atomic mass is 16.7. The minimum atomic E-state index is -1.69. The first-order valence-electron chi connectivity index (χ1n) is 11.1. The third-order valence-electron chi connectivity index (χ3n) is 6.28. The molecule has 2 heterocycles. The first-order valence-corrected chi connectivity index (χ1v) is 11.1. The molecule has 0 bridgehead atoms. The highest BCUT2D eigenvalue weighted by Crippen LogP contribution is 2.49. The van der Waals surface area contributed by atoms with Crippen LogP contribution >= 0.6 is 0 Å². The van der Waals surface area contributed by atoms with Crippen LogP contribution in [0.15, 0.2) is 72.8 Å². The van der Waals surface area contributed by atoms with Crippen molar-refractivity contribution >= 4 is 23.6 Å². The van der Waals surface area contributed by atoms with Gasteiger partial charge in [0.2, 0.25) is 5.78 Å². The van der Waals surface area contributed by atoms with Crippen LogP contribution in [0, 0.1) is 0 Å². The first kappa shape index (κ1) is 23.1. The highest BCUT2D eigenvalue weighted by Gasteiger charge is 2.47. The molecule has 3 aromatic carbocycles. The Kier molecular flexibility index (Phi) is 5.68. The Morgan fingerprint density at radius 1 is 0.972 bits per heavy atom. The lowest BCUT2D eigenvalue weighted by Gasteiger charge is -2.28. The van der Waals surface area contributed by atoms with Gasteiger partial charge in [0.1, 0.15) is 6.04 Å². The van der Waals surface area contributed by atoms with Gasteiger partial charge in [0, 0.05) is 29.7 Å². The topological polar surface area (TPSA) is 119 Å². The largest absolute Gasteiger partial charge is 0.475 e. The number of amides is 1. The summed E-state index contributed by atoms with van der Waals surface area (Å²) in [6, 6.07) is 20.7. The zero-order chi connectivity index (χ0) is 25.4. The number of carbonyl (C=O) groups excluding carboxylic acids is 3. The zero-order valence-corrected chi connectivity index (χ0v) is 19.2. The summed E-state index contributed by atoms with van der Waals surface area (Å²) in [6.07, 6.45) is -0.695. The van der Waals surface area contributed by atoms with E-state index >= 15 is 0 Å². The number of esters is 1. The monoisotopic (exact) mass is 487 g/mol. The fourth-order valence-electron chi connectivity index (χ4n) is 4.52. The van der Waals surface area contributed by atoms with Crippen LogP contribution in [0.25, 0.3) is 0 Å². The Hall–Kier alpha value is -4.66. The Labute approximate surface area is 205 Å². The zero-order valence-electron chi connectivity index (χ0n) is 19.2. The number of ether oxygens (including phenoxy) is 3. The molecule has 0 aliphatic carbocycles. The average Bonchev–Trinajstić information content (AvgIpc) is 3.44. The van der Waals surface area contributed by atoms with Gasteiger partial charge in [0.25, 0.3) is 5.91 Å². The summed E-state index contributed by atoms with van der Waals surface area (Å²) >= 11 is 0. The molecule has 182 valence electrons. The number of nitrogens with zero attached hydrogens (tertiary/aromatic N) is 1. The summed E-state index contributed by atoms with van der Waals surface area (Å²) in [5.41, 5.74) is 2.35. The maximum atomic E-state index is 13.3. The molecule has 2 aliphatic rings. The van der Waals surface area contributed by atoms with Crippen molar-refractivity contribution in [2.45, 2.75) is 24.8 Å². The van der Waals surface area contributed by atoms with Gasteiger partial charge in [-0.2, -0.15) is 0 Å². The van der Waals surface area contributed by atoms with Gasteiger partial charge in [-0.25, -0.2) is 9.59 Å². The van der Waals surface area contributed by atoms with Gasteiger partial charge in [0.05, 0.1) is 7.11 Å². The van der Waals surface area contributed by atoms with Crippen LogP contribution in [0.1, 0.15) is 33.5 Å². The van der Waals surface area contributed by atoms with Crippen LogP contribution < -0.4 is 9.47 Å². The number of carboxylic acid groups (broad SMARTS) is 1. The SMILES string of the molecule is COC(=O)[C@H](CC(=O)C(=O)O)N1Cc2cc3c(cc2C1=O)OC(c1ccccc1)(c1ccccc1)O3. The molecule has 0 fully saturated rings. The molecule has 3 aromatic rings. The van der Waals surface area contributed by atoms with E-state index in [1.807, 2.05) is 60.7 Å². The van der Waals surface area contributed by atoms with Crippen molar-refractivity contribution in [1.82, 2.24) is 4.90 Å². The van der Waals surface area contributed by atoms with E-state index in [-0.39, 0.29) is 12.1 Å². The molecule has 9 nitrogen and oxygen atoms in total. The molecule has 0 aromatic heterocycles. The van der Waals surface area contributed by atoms with Crippen molar-refractivity contribution in [2.24, 2.45) is 0 Å². The van der Waals surface area contributed by atoms with Crippen molar-refractivity contribution < 1.29 is 38.5 Å². The van der Waals surface area contributed by atoms with Crippen molar-refractivity contribution in [3.63, 3.8) is 0 Å². The summed E-state index contributed by atoms with van der Waals surface area (Å²) in [5.74, 6) is -4.81. The number of ketones is 1.